The second-order valence-electron chi connectivity index (χ2n) is 7.78. The highest BCUT2D eigenvalue weighted by Crippen LogP contribution is 2.44. The van der Waals surface area contributed by atoms with Gasteiger partial charge in [0.15, 0.2) is 0 Å². The molecule has 0 spiro atoms. The first kappa shape index (κ1) is 19.7. The zero-order valence-electron chi connectivity index (χ0n) is 17.4. The molecule has 0 radical (unpaired) electrons. The fourth-order valence-electron chi connectivity index (χ4n) is 4.09. The van der Waals surface area contributed by atoms with Crippen molar-refractivity contribution < 1.29 is 13.5 Å². The molecule has 31 heavy (non-hydrogen) atoms. The van der Waals surface area contributed by atoms with E-state index in [-0.39, 0.29) is 11.9 Å². The Morgan fingerprint density at radius 3 is 2.71 bits per heavy atom. The highest BCUT2D eigenvalue weighted by molar-refractivity contribution is 6.03. The van der Waals surface area contributed by atoms with Gasteiger partial charge in [-0.15, -0.1) is 0 Å². The van der Waals surface area contributed by atoms with E-state index < -0.39 is 0 Å². The number of benzene rings is 2. The first-order valence-electron chi connectivity index (χ1n) is 10.7. The lowest BCUT2D eigenvalue weighted by molar-refractivity contribution is 0.162. The van der Waals surface area contributed by atoms with Crippen molar-refractivity contribution in [2.24, 2.45) is 0 Å². The van der Waals surface area contributed by atoms with Gasteiger partial charge in [-0.25, -0.2) is 14.4 Å². The molecule has 0 aliphatic carbocycles. The molecule has 0 bridgehead atoms. The number of hydrogen-bond donors (Lipinski definition) is 1. The molecule has 6 heteroatoms. The van der Waals surface area contributed by atoms with Crippen molar-refractivity contribution in [2.45, 2.75) is 32.3 Å². The van der Waals surface area contributed by atoms with Gasteiger partial charge in [-0.2, -0.15) is 0 Å². The molecule has 0 saturated carbocycles. The molecule has 5 nitrogen and oxygen atoms in total. The van der Waals surface area contributed by atoms with Crippen molar-refractivity contribution in [3.8, 4) is 28.3 Å². The standard InChI is InChI=1S/C25H24FN3O2/c1-2-16-9-11-17(12-10-16)21-22-24(30-18-6-5-13-27-14-18)28-15-29-25(22)31-23(21)19-7-3-4-8-20(19)26/h3-4,7-12,15,18,27H,2,5-6,13-14H2,1H3/t18-/m1/s1. The predicted molar refractivity (Wildman–Crippen MR) is 119 cm³/mol. The Morgan fingerprint density at radius 1 is 1.13 bits per heavy atom. The van der Waals surface area contributed by atoms with Gasteiger partial charge >= 0.3 is 0 Å². The Kier molecular flexibility index (Phi) is 5.38. The van der Waals surface area contributed by atoms with Crippen molar-refractivity contribution in [1.29, 1.82) is 0 Å². The summed E-state index contributed by atoms with van der Waals surface area (Å²) < 4.78 is 27.2. The van der Waals surface area contributed by atoms with Crippen LogP contribution in [-0.4, -0.2) is 29.2 Å². The maximum Gasteiger partial charge on any atom is 0.234 e. The smallest absolute Gasteiger partial charge is 0.234 e. The molecular formula is C25H24FN3O2. The molecule has 2 aromatic carbocycles. The molecule has 1 aliphatic rings. The van der Waals surface area contributed by atoms with Crippen LogP contribution in [0.5, 0.6) is 5.88 Å². The summed E-state index contributed by atoms with van der Waals surface area (Å²) in [6, 6.07) is 14.8. The Morgan fingerprint density at radius 2 is 1.97 bits per heavy atom. The second-order valence-corrected chi connectivity index (χ2v) is 7.78. The van der Waals surface area contributed by atoms with Gasteiger partial charge in [0, 0.05) is 12.1 Å². The lowest BCUT2D eigenvalue weighted by Crippen LogP contribution is -2.37. The van der Waals surface area contributed by atoms with E-state index in [0.717, 1.165) is 43.5 Å². The number of aryl methyl sites for hydroxylation is 1. The minimum atomic E-state index is -0.347. The minimum Gasteiger partial charge on any atom is -0.472 e. The third-order valence-corrected chi connectivity index (χ3v) is 5.75. The van der Waals surface area contributed by atoms with E-state index in [0.29, 0.717) is 28.3 Å². The molecule has 158 valence electrons. The number of halogens is 1. The van der Waals surface area contributed by atoms with Crippen LogP contribution in [0.3, 0.4) is 0 Å². The van der Waals surface area contributed by atoms with Gasteiger partial charge in [-0.05, 0) is 49.1 Å². The van der Waals surface area contributed by atoms with E-state index in [1.165, 1.54) is 18.0 Å². The molecule has 3 heterocycles. The van der Waals surface area contributed by atoms with E-state index in [1.807, 2.05) is 12.1 Å². The van der Waals surface area contributed by atoms with Crippen LogP contribution in [0.4, 0.5) is 4.39 Å². The SMILES string of the molecule is CCc1ccc(-c2c(-c3ccccc3F)oc3ncnc(O[C@@H]4CCCNC4)c23)cc1. The molecule has 5 rings (SSSR count). The number of nitrogens with one attached hydrogen (secondary N) is 1. The molecule has 1 saturated heterocycles. The maximum atomic E-state index is 14.8. The normalized spacial score (nSPS) is 16.5. The Balaban J connectivity index is 1.72. The van der Waals surface area contributed by atoms with E-state index >= 15 is 0 Å². The number of piperidine rings is 1. The molecule has 1 aliphatic heterocycles. The van der Waals surface area contributed by atoms with Gasteiger partial charge in [0.25, 0.3) is 0 Å². The molecule has 1 atom stereocenters. The van der Waals surface area contributed by atoms with E-state index in [2.05, 4.69) is 34.3 Å². The third-order valence-electron chi connectivity index (χ3n) is 5.75. The van der Waals surface area contributed by atoms with Crippen molar-refractivity contribution in [3.63, 3.8) is 0 Å². The van der Waals surface area contributed by atoms with Crippen molar-refractivity contribution in [2.75, 3.05) is 13.1 Å². The summed E-state index contributed by atoms with van der Waals surface area (Å²) in [6.45, 7) is 3.88. The number of rotatable bonds is 5. The van der Waals surface area contributed by atoms with Crippen LogP contribution < -0.4 is 10.1 Å². The zero-order chi connectivity index (χ0) is 21.2. The van der Waals surface area contributed by atoms with Crippen LogP contribution in [0.1, 0.15) is 25.3 Å². The Hall–Kier alpha value is -3.25. The lowest BCUT2D eigenvalue weighted by Gasteiger charge is -2.23. The number of aromatic nitrogens is 2. The third kappa shape index (κ3) is 3.79. The summed E-state index contributed by atoms with van der Waals surface area (Å²) in [7, 11) is 0. The molecule has 4 aromatic rings. The van der Waals surface area contributed by atoms with Crippen molar-refractivity contribution in [1.82, 2.24) is 15.3 Å². The Bertz CT molecular complexity index is 1200. The number of hydrogen-bond acceptors (Lipinski definition) is 5. The molecule has 1 fully saturated rings. The molecular weight excluding hydrogens is 393 g/mol. The summed E-state index contributed by atoms with van der Waals surface area (Å²) in [5.74, 6) is 0.559. The number of fused-ring (bicyclic) bond motifs is 1. The second kappa shape index (κ2) is 8.47. The van der Waals surface area contributed by atoms with E-state index in [1.54, 1.807) is 18.2 Å². The van der Waals surface area contributed by atoms with Crippen LogP contribution >= 0.6 is 0 Å². The number of nitrogens with zero attached hydrogens (tertiary/aromatic N) is 2. The van der Waals surface area contributed by atoms with Gasteiger partial charge in [-0.1, -0.05) is 43.3 Å². The van der Waals surface area contributed by atoms with E-state index in [9.17, 15) is 4.39 Å². The molecule has 1 N–H and O–H groups in total. The topological polar surface area (TPSA) is 60.2 Å². The number of furan rings is 1. The molecule has 0 unspecified atom stereocenters. The van der Waals surface area contributed by atoms with Crippen LogP contribution in [0.2, 0.25) is 0 Å². The molecule has 2 aromatic heterocycles. The highest BCUT2D eigenvalue weighted by Gasteiger charge is 2.26. The molecule has 0 amide bonds. The first-order valence-corrected chi connectivity index (χ1v) is 10.7. The predicted octanol–water partition coefficient (Wildman–Crippen LogP) is 5.39. The summed E-state index contributed by atoms with van der Waals surface area (Å²) in [5, 5.41) is 4.04. The zero-order valence-corrected chi connectivity index (χ0v) is 17.4. The maximum absolute atomic E-state index is 14.8. The van der Waals surface area contributed by atoms with Gasteiger partial charge in [-0.3, -0.25) is 0 Å². The monoisotopic (exact) mass is 417 g/mol. The minimum absolute atomic E-state index is 0.0222. The average Bonchev–Trinajstić information content (AvgIpc) is 3.20. The van der Waals surface area contributed by atoms with Crippen LogP contribution in [0.15, 0.2) is 59.3 Å². The summed E-state index contributed by atoms with van der Waals surface area (Å²) >= 11 is 0. The van der Waals surface area contributed by atoms with Crippen LogP contribution in [-0.2, 0) is 6.42 Å². The quantitative estimate of drug-likeness (QED) is 0.472. The van der Waals surface area contributed by atoms with Gasteiger partial charge in [0.05, 0.1) is 5.56 Å². The first-order chi connectivity index (χ1) is 15.2. The summed E-state index contributed by atoms with van der Waals surface area (Å²) in [5.41, 5.74) is 3.67. The average molecular weight is 417 g/mol. The van der Waals surface area contributed by atoms with E-state index in [4.69, 9.17) is 9.15 Å². The van der Waals surface area contributed by atoms with Gasteiger partial charge in [0.2, 0.25) is 11.6 Å². The van der Waals surface area contributed by atoms with Crippen molar-refractivity contribution in [3.05, 3.63) is 66.2 Å². The number of ether oxygens (including phenoxy) is 1. The Labute approximate surface area is 180 Å². The van der Waals surface area contributed by atoms with Crippen LogP contribution in [0.25, 0.3) is 33.6 Å². The van der Waals surface area contributed by atoms with Crippen molar-refractivity contribution >= 4 is 11.1 Å². The van der Waals surface area contributed by atoms with Gasteiger partial charge < -0.3 is 14.5 Å². The summed E-state index contributed by atoms with van der Waals surface area (Å²) in [4.78, 5) is 8.77. The lowest BCUT2D eigenvalue weighted by atomic mass is 9.98. The largest absolute Gasteiger partial charge is 0.472 e. The summed E-state index contributed by atoms with van der Waals surface area (Å²) in [6.07, 6.45) is 4.41. The fraction of sp³-hybridized carbons (Fsp3) is 0.280. The highest BCUT2D eigenvalue weighted by atomic mass is 19.1. The fourth-order valence-corrected chi connectivity index (χ4v) is 4.09. The van der Waals surface area contributed by atoms with Crippen LogP contribution in [0, 0.1) is 5.82 Å². The van der Waals surface area contributed by atoms with Gasteiger partial charge in [0.1, 0.15) is 29.4 Å².